The van der Waals surface area contributed by atoms with E-state index < -0.39 is 0 Å². The average molecular weight is 292 g/mol. The third kappa shape index (κ3) is 2.77. The number of aromatic nitrogens is 3. The van der Waals surface area contributed by atoms with Gasteiger partial charge in [0, 0.05) is 18.7 Å². The fourth-order valence-electron chi connectivity index (χ4n) is 2.57. The number of fused-ring (bicyclic) bond motifs is 1. The molecule has 2 rings (SSSR count). The fourth-order valence-corrected chi connectivity index (χ4v) is 2.99. The van der Waals surface area contributed by atoms with Crippen LogP contribution < -0.4 is 5.73 Å². The van der Waals surface area contributed by atoms with E-state index in [1.165, 1.54) is 16.8 Å². The van der Waals surface area contributed by atoms with Crippen molar-refractivity contribution in [1.29, 1.82) is 0 Å². The van der Waals surface area contributed by atoms with Crippen LogP contribution in [0.1, 0.15) is 36.8 Å². The Kier molecular flexibility index (Phi) is 4.91. The smallest absolute Gasteiger partial charge is 0.151 e. The van der Waals surface area contributed by atoms with E-state index >= 15 is 0 Å². The number of pyridine rings is 1. The number of aryl methyl sites for hydroxylation is 4. The number of nitrogen functional groups attached to an aromatic ring is 1. The van der Waals surface area contributed by atoms with Crippen molar-refractivity contribution in [3.05, 3.63) is 17.1 Å². The Labute approximate surface area is 125 Å². The molecule has 0 amide bonds. The Bertz CT molecular complexity index is 604. The maximum Gasteiger partial charge on any atom is 0.151 e. The summed E-state index contributed by atoms with van der Waals surface area (Å²) < 4.78 is 2.36. The Morgan fingerprint density at radius 1 is 1.25 bits per heavy atom. The van der Waals surface area contributed by atoms with E-state index in [2.05, 4.69) is 29.7 Å². The highest BCUT2D eigenvalue weighted by atomic mass is 32.2. The van der Waals surface area contributed by atoms with Gasteiger partial charge in [-0.15, -0.1) is 0 Å². The zero-order valence-corrected chi connectivity index (χ0v) is 13.7. The van der Waals surface area contributed by atoms with Gasteiger partial charge in [0.05, 0.1) is 5.52 Å². The summed E-state index contributed by atoms with van der Waals surface area (Å²) in [6.45, 7) is 7.33. The first-order chi connectivity index (χ1) is 9.60. The largest absolute Gasteiger partial charge is 0.382 e. The van der Waals surface area contributed by atoms with Gasteiger partial charge in [0.1, 0.15) is 11.3 Å². The highest BCUT2D eigenvalue weighted by Crippen LogP contribution is 2.26. The summed E-state index contributed by atoms with van der Waals surface area (Å²) in [4.78, 5) is 9.16. The van der Waals surface area contributed by atoms with Gasteiger partial charge in [-0.25, -0.2) is 9.97 Å². The number of hydrogen-bond donors (Lipinski definition) is 1. The molecule has 0 unspecified atom stereocenters. The Balaban J connectivity index is 2.56. The second kappa shape index (κ2) is 6.48. The normalized spacial score (nSPS) is 11.4. The molecule has 2 heterocycles. The molecule has 0 aliphatic rings. The predicted molar refractivity (Wildman–Crippen MR) is 88.4 cm³/mol. The average Bonchev–Trinajstić information content (AvgIpc) is 2.77. The summed E-state index contributed by atoms with van der Waals surface area (Å²) in [6, 6.07) is 0. The molecule has 20 heavy (non-hydrogen) atoms. The monoisotopic (exact) mass is 292 g/mol. The van der Waals surface area contributed by atoms with Gasteiger partial charge in [-0.2, -0.15) is 11.8 Å². The van der Waals surface area contributed by atoms with Crippen molar-refractivity contribution in [3.8, 4) is 0 Å². The molecule has 0 spiro atoms. The Morgan fingerprint density at radius 3 is 2.65 bits per heavy atom. The van der Waals surface area contributed by atoms with Crippen molar-refractivity contribution >= 4 is 28.6 Å². The summed E-state index contributed by atoms with van der Waals surface area (Å²) >= 11 is 1.89. The van der Waals surface area contributed by atoms with Crippen LogP contribution in [0, 0.1) is 13.8 Å². The van der Waals surface area contributed by atoms with Crippen molar-refractivity contribution < 1.29 is 0 Å². The second-order valence-electron chi connectivity index (χ2n) is 5.18. The van der Waals surface area contributed by atoms with E-state index in [0.29, 0.717) is 5.82 Å². The lowest BCUT2D eigenvalue weighted by Crippen LogP contribution is -2.06. The van der Waals surface area contributed by atoms with Crippen LogP contribution in [0.25, 0.3) is 11.0 Å². The van der Waals surface area contributed by atoms with Crippen LogP contribution in [0.2, 0.25) is 0 Å². The maximum absolute atomic E-state index is 6.07. The van der Waals surface area contributed by atoms with Crippen LogP contribution in [0.5, 0.6) is 0 Å². The van der Waals surface area contributed by atoms with Crippen LogP contribution in [-0.4, -0.2) is 26.5 Å². The minimum absolute atomic E-state index is 0.559. The van der Waals surface area contributed by atoms with Gasteiger partial charge < -0.3 is 10.3 Å². The predicted octanol–water partition coefficient (Wildman–Crippen LogP) is 3.34. The van der Waals surface area contributed by atoms with Crippen molar-refractivity contribution in [1.82, 2.24) is 14.5 Å². The zero-order chi connectivity index (χ0) is 14.7. The van der Waals surface area contributed by atoms with E-state index in [4.69, 9.17) is 10.7 Å². The quantitative estimate of drug-likeness (QED) is 0.830. The lowest BCUT2D eigenvalue weighted by molar-refractivity contribution is 0.649. The van der Waals surface area contributed by atoms with Crippen LogP contribution in [0.3, 0.4) is 0 Å². The van der Waals surface area contributed by atoms with E-state index in [1.54, 1.807) is 0 Å². The summed E-state index contributed by atoms with van der Waals surface area (Å²) in [5, 5.41) is 0. The maximum atomic E-state index is 6.07. The first-order valence-electron chi connectivity index (χ1n) is 7.20. The van der Waals surface area contributed by atoms with Crippen LogP contribution in [0.4, 0.5) is 5.82 Å². The van der Waals surface area contributed by atoms with Gasteiger partial charge in [0.25, 0.3) is 0 Å². The van der Waals surface area contributed by atoms with Crippen molar-refractivity contribution in [2.24, 2.45) is 0 Å². The summed E-state index contributed by atoms with van der Waals surface area (Å²) in [5.41, 5.74) is 10.3. The molecule has 4 nitrogen and oxygen atoms in total. The van der Waals surface area contributed by atoms with Crippen molar-refractivity contribution in [3.63, 3.8) is 0 Å². The standard InChI is InChI=1S/C15H24N4S/c1-5-7-12-18-13-14(19(12)8-6-9-20-4)10(2)11(3)17-15(13)16/h5-9H2,1-4H3,(H2,16,17). The molecule has 2 aromatic rings. The van der Waals surface area contributed by atoms with Crippen LogP contribution in [0.15, 0.2) is 0 Å². The number of nitrogens with zero attached hydrogens (tertiary/aromatic N) is 3. The van der Waals surface area contributed by atoms with Gasteiger partial charge in [-0.1, -0.05) is 6.92 Å². The molecule has 0 aliphatic carbocycles. The molecular formula is C15H24N4S. The van der Waals surface area contributed by atoms with Gasteiger partial charge in [-0.3, -0.25) is 0 Å². The molecule has 110 valence electrons. The molecular weight excluding hydrogens is 268 g/mol. The van der Waals surface area contributed by atoms with Crippen LogP contribution in [-0.2, 0) is 13.0 Å². The second-order valence-corrected chi connectivity index (χ2v) is 6.17. The zero-order valence-electron chi connectivity index (χ0n) is 12.9. The molecule has 0 fully saturated rings. The van der Waals surface area contributed by atoms with E-state index in [-0.39, 0.29) is 0 Å². The number of rotatable bonds is 6. The molecule has 0 bridgehead atoms. The number of hydrogen-bond acceptors (Lipinski definition) is 4. The van der Waals surface area contributed by atoms with E-state index in [9.17, 15) is 0 Å². The van der Waals surface area contributed by atoms with Gasteiger partial charge in [0.2, 0.25) is 0 Å². The van der Waals surface area contributed by atoms with E-state index in [0.717, 1.165) is 42.8 Å². The van der Waals surface area contributed by atoms with Crippen molar-refractivity contribution in [2.45, 2.75) is 46.6 Å². The third-order valence-corrected chi connectivity index (χ3v) is 4.38. The summed E-state index contributed by atoms with van der Waals surface area (Å²) in [5.74, 6) is 2.87. The third-order valence-electron chi connectivity index (χ3n) is 3.68. The first-order valence-corrected chi connectivity index (χ1v) is 8.60. The minimum Gasteiger partial charge on any atom is -0.382 e. The van der Waals surface area contributed by atoms with Gasteiger partial charge >= 0.3 is 0 Å². The topological polar surface area (TPSA) is 56.7 Å². The molecule has 0 atom stereocenters. The number of imidazole rings is 1. The molecule has 0 saturated carbocycles. The first kappa shape index (κ1) is 15.2. The molecule has 2 aromatic heterocycles. The number of anilines is 1. The Morgan fingerprint density at radius 2 is 2.00 bits per heavy atom. The number of nitrogens with two attached hydrogens (primary N) is 1. The molecule has 0 radical (unpaired) electrons. The fraction of sp³-hybridized carbons (Fsp3) is 0.600. The summed E-state index contributed by atoms with van der Waals surface area (Å²) in [7, 11) is 0. The van der Waals surface area contributed by atoms with Gasteiger partial charge in [-0.05, 0) is 44.3 Å². The Hall–Kier alpha value is -1.23. The number of thioether (sulfide) groups is 1. The lowest BCUT2D eigenvalue weighted by atomic mass is 10.2. The van der Waals surface area contributed by atoms with Crippen LogP contribution >= 0.6 is 11.8 Å². The lowest BCUT2D eigenvalue weighted by Gasteiger charge is -2.11. The SMILES string of the molecule is CCCc1nc2c(N)nc(C)c(C)c2n1CCCSC. The summed E-state index contributed by atoms with van der Waals surface area (Å²) in [6.07, 6.45) is 5.39. The minimum atomic E-state index is 0.559. The molecule has 2 N–H and O–H groups in total. The van der Waals surface area contributed by atoms with Gasteiger partial charge in [0.15, 0.2) is 5.82 Å². The highest BCUT2D eigenvalue weighted by Gasteiger charge is 2.16. The van der Waals surface area contributed by atoms with E-state index in [1.807, 2.05) is 18.7 Å². The molecule has 0 aromatic carbocycles. The molecule has 5 heteroatoms. The molecule has 0 saturated heterocycles. The highest BCUT2D eigenvalue weighted by molar-refractivity contribution is 7.98. The van der Waals surface area contributed by atoms with Crippen molar-refractivity contribution in [2.75, 3.05) is 17.7 Å². The molecule has 0 aliphatic heterocycles.